The molecule has 2 aromatic carbocycles. The van der Waals surface area contributed by atoms with Crippen LogP contribution in [0.1, 0.15) is 18.9 Å². The van der Waals surface area contributed by atoms with Crippen molar-refractivity contribution >= 4 is 11.6 Å². The van der Waals surface area contributed by atoms with Crippen molar-refractivity contribution in [1.82, 2.24) is 4.90 Å². The topological polar surface area (TPSA) is 23.6 Å². The molecule has 1 heterocycles. The number of anilines is 1. The maximum Gasteiger partial charge on any atom is 0.253 e. The molecule has 0 atom stereocenters. The highest BCUT2D eigenvalue weighted by Gasteiger charge is 2.21. The molecule has 1 aliphatic heterocycles. The van der Waals surface area contributed by atoms with Gasteiger partial charge in [0, 0.05) is 37.4 Å². The fraction of sp³-hybridized carbons (Fsp3) is 0.318. The van der Waals surface area contributed by atoms with Crippen molar-refractivity contribution in [2.45, 2.75) is 19.8 Å². The van der Waals surface area contributed by atoms with Crippen LogP contribution >= 0.6 is 0 Å². The van der Waals surface area contributed by atoms with Crippen LogP contribution in [0, 0.1) is 0 Å². The third kappa shape index (κ3) is 4.58. The van der Waals surface area contributed by atoms with Crippen LogP contribution in [-0.4, -0.2) is 37.0 Å². The van der Waals surface area contributed by atoms with E-state index in [1.54, 1.807) is 0 Å². The summed E-state index contributed by atoms with van der Waals surface area (Å²) in [5, 5.41) is 0. The second-order valence-electron chi connectivity index (χ2n) is 6.40. The number of likely N-dealkylation sites (N-methyl/N-ethyl adjacent to an activating group) is 1. The summed E-state index contributed by atoms with van der Waals surface area (Å²) in [5.41, 5.74) is 3.29. The van der Waals surface area contributed by atoms with Gasteiger partial charge in [-0.25, -0.2) is 0 Å². The van der Waals surface area contributed by atoms with Crippen LogP contribution in [0.3, 0.4) is 0 Å². The molecular weight excluding hydrogens is 308 g/mol. The fourth-order valence-corrected chi connectivity index (χ4v) is 3.27. The van der Waals surface area contributed by atoms with Gasteiger partial charge in [-0.3, -0.25) is 9.69 Å². The van der Waals surface area contributed by atoms with Crippen molar-refractivity contribution < 1.29 is 4.79 Å². The lowest BCUT2D eigenvalue weighted by molar-refractivity contribution is -0.115. The Hall–Kier alpha value is -2.39. The lowest BCUT2D eigenvalue weighted by Gasteiger charge is -2.29. The Bertz CT molecular complexity index is 709. The van der Waals surface area contributed by atoms with Gasteiger partial charge in [-0.05, 0) is 37.5 Å². The Kier molecular flexibility index (Phi) is 6.02. The monoisotopic (exact) mass is 334 g/mol. The zero-order valence-corrected chi connectivity index (χ0v) is 14.9. The van der Waals surface area contributed by atoms with Gasteiger partial charge in [-0.1, -0.05) is 54.6 Å². The Morgan fingerprint density at radius 3 is 2.32 bits per heavy atom. The highest BCUT2D eigenvalue weighted by Crippen LogP contribution is 2.20. The summed E-state index contributed by atoms with van der Waals surface area (Å²) in [4.78, 5) is 17.1. The molecule has 1 amide bonds. The average molecular weight is 334 g/mol. The number of rotatable bonds is 6. The molecule has 1 aliphatic rings. The van der Waals surface area contributed by atoms with Crippen molar-refractivity contribution in [3.63, 3.8) is 0 Å². The van der Waals surface area contributed by atoms with E-state index in [0.717, 1.165) is 43.7 Å². The van der Waals surface area contributed by atoms with Gasteiger partial charge in [-0.2, -0.15) is 0 Å². The van der Waals surface area contributed by atoms with Crippen LogP contribution in [0.4, 0.5) is 5.69 Å². The minimum absolute atomic E-state index is 0.149. The van der Waals surface area contributed by atoms with Crippen molar-refractivity contribution in [2.75, 3.05) is 31.1 Å². The van der Waals surface area contributed by atoms with Gasteiger partial charge < -0.3 is 4.90 Å². The molecule has 0 radical (unpaired) electrons. The van der Waals surface area contributed by atoms with Crippen molar-refractivity contribution in [3.8, 4) is 0 Å². The van der Waals surface area contributed by atoms with E-state index in [2.05, 4.69) is 41.3 Å². The Morgan fingerprint density at radius 1 is 1.04 bits per heavy atom. The first-order chi connectivity index (χ1) is 12.3. The van der Waals surface area contributed by atoms with Crippen molar-refractivity contribution in [3.05, 3.63) is 77.9 Å². The van der Waals surface area contributed by atoms with Gasteiger partial charge in [0.1, 0.15) is 0 Å². The normalized spacial score (nSPS) is 14.8. The molecule has 0 unspecified atom stereocenters. The predicted molar refractivity (Wildman–Crippen MR) is 104 cm³/mol. The van der Waals surface area contributed by atoms with Crippen LogP contribution in [-0.2, 0) is 11.2 Å². The van der Waals surface area contributed by atoms with Crippen molar-refractivity contribution in [1.29, 1.82) is 0 Å². The molecule has 3 heteroatoms. The highest BCUT2D eigenvalue weighted by atomic mass is 16.2. The van der Waals surface area contributed by atoms with Gasteiger partial charge in [-0.15, -0.1) is 0 Å². The zero-order valence-electron chi connectivity index (χ0n) is 14.9. The van der Waals surface area contributed by atoms with E-state index >= 15 is 0 Å². The van der Waals surface area contributed by atoms with Gasteiger partial charge >= 0.3 is 0 Å². The van der Waals surface area contributed by atoms with E-state index in [-0.39, 0.29) is 5.91 Å². The molecule has 3 nitrogen and oxygen atoms in total. The highest BCUT2D eigenvalue weighted by molar-refractivity contribution is 6.05. The first-order valence-corrected chi connectivity index (χ1v) is 9.10. The largest absolute Gasteiger partial charge is 0.309 e. The zero-order chi connectivity index (χ0) is 17.5. The number of carbonyl (C=O) groups excluding carboxylic acids is 1. The third-order valence-electron chi connectivity index (χ3n) is 4.76. The van der Waals surface area contributed by atoms with Crippen molar-refractivity contribution in [2.24, 2.45) is 0 Å². The second kappa shape index (κ2) is 8.63. The van der Waals surface area contributed by atoms with E-state index in [1.165, 1.54) is 5.56 Å². The van der Waals surface area contributed by atoms with Crippen LogP contribution in [0.5, 0.6) is 0 Å². The van der Waals surface area contributed by atoms with Crippen LogP contribution in [0.15, 0.2) is 72.3 Å². The van der Waals surface area contributed by atoms with Gasteiger partial charge in [0.2, 0.25) is 0 Å². The standard InChI is InChI=1S/C22H26N2O/c1-2-24(21-11-7-4-8-12-21)22(25)20-14-17-23(18-15-20)16-13-19-9-5-3-6-10-19/h3-12,14H,2,13,15-18H2,1H3. The molecule has 0 bridgehead atoms. The molecule has 0 aromatic heterocycles. The lowest BCUT2D eigenvalue weighted by atomic mass is 10.1. The maximum absolute atomic E-state index is 12.9. The Morgan fingerprint density at radius 2 is 1.72 bits per heavy atom. The summed E-state index contributed by atoms with van der Waals surface area (Å²) in [7, 11) is 0. The van der Waals surface area contributed by atoms with Gasteiger partial charge in [0.05, 0.1) is 0 Å². The molecule has 0 saturated carbocycles. The minimum atomic E-state index is 0.149. The maximum atomic E-state index is 12.9. The molecule has 2 aromatic rings. The molecule has 130 valence electrons. The second-order valence-corrected chi connectivity index (χ2v) is 6.40. The molecule has 0 fully saturated rings. The smallest absolute Gasteiger partial charge is 0.253 e. The van der Waals surface area contributed by atoms with E-state index < -0.39 is 0 Å². The molecule has 0 spiro atoms. The van der Waals surface area contributed by atoms with Crippen LogP contribution < -0.4 is 4.90 Å². The first-order valence-electron chi connectivity index (χ1n) is 9.10. The number of carbonyl (C=O) groups is 1. The van der Waals surface area contributed by atoms with E-state index in [1.807, 2.05) is 42.2 Å². The summed E-state index contributed by atoms with van der Waals surface area (Å²) >= 11 is 0. The number of para-hydroxylation sites is 1. The molecule has 0 N–H and O–H groups in total. The Balaban J connectivity index is 1.57. The van der Waals surface area contributed by atoms with E-state index in [0.29, 0.717) is 6.54 Å². The summed E-state index contributed by atoms with van der Waals surface area (Å²) in [5.74, 6) is 0.149. The van der Waals surface area contributed by atoms with Crippen LogP contribution in [0.25, 0.3) is 0 Å². The average Bonchev–Trinajstić information content (AvgIpc) is 2.69. The molecule has 0 aliphatic carbocycles. The lowest BCUT2D eigenvalue weighted by Crippen LogP contribution is -2.37. The minimum Gasteiger partial charge on any atom is -0.309 e. The fourth-order valence-electron chi connectivity index (χ4n) is 3.27. The number of amides is 1. The first kappa shape index (κ1) is 17.4. The summed E-state index contributed by atoms with van der Waals surface area (Å²) in [6, 6.07) is 20.5. The quantitative estimate of drug-likeness (QED) is 0.799. The van der Waals surface area contributed by atoms with Gasteiger partial charge in [0.15, 0.2) is 0 Å². The number of benzene rings is 2. The van der Waals surface area contributed by atoms with Crippen LogP contribution in [0.2, 0.25) is 0 Å². The number of hydrogen-bond acceptors (Lipinski definition) is 2. The number of nitrogens with zero attached hydrogens (tertiary/aromatic N) is 2. The molecule has 0 saturated heterocycles. The predicted octanol–water partition coefficient (Wildman–Crippen LogP) is 3.91. The Labute approximate surface area is 150 Å². The van der Waals surface area contributed by atoms with E-state index in [9.17, 15) is 4.79 Å². The summed E-state index contributed by atoms with van der Waals surface area (Å²) < 4.78 is 0. The SMILES string of the molecule is CCN(C(=O)C1=CCN(CCc2ccccc2)CC1)c1ccccc1. The number of hydrogen-bond donors (Lipinski definition) is 0. The van der Waals surface area contributed by atoms with Gasteiger partial charge in [0.25, 0.3) is 5.91 Å². The molecule has 25 heavy (non-hydrogen) atoms. The van der Waals surface area contributed by atoms with E-state index in [4.69, 9.17) is 0 Å². The third-order valence-corrected chi connectivity index (χ3v) is 4.76. The summed E-state index contributed by atoms with van der Waals surface area (Å²) in [6.45, 7) is 5.58. The molecule has 3 rings (SSSR count). The summed E-state index contributed by atoms with van der Waals surface area (Å²) in [6.07, 6.45) is 4.00. The molecular formula is C22H26N2O.